The Kier molecular flexibility index (Phi) is 4.88. The van der Waals surface area contributed by atoms with E-state index in [1.54, 1.807) is 0 Å². The maximum Gasteiger partial charge on any atom is 0.419 e. The number of amides is 1. The molecule has 1 heterocycles. The third-order valence-electron chi connectivity index (χ3n) is 5.36. The number of aliphatic hydroxyl groups is 1. The molecule has 1 saturated carbocycles. The van der Waals surface area contributed by atoms with Crippen LogP contribution in [0.5, 0.6) is 5.75 Å². The van der Waals surface area contributed by atoms with E-state index < -0.39 is 52.0 Å². The monoisotopic (exact) mass is 442 g/mol. The summed E-state index contributed by atoms with van der Waals surface area (Å²) >= 11 is 0. The van der Waals surface area contributed by atoms with E-state index in [9.17, 15) is 37.0 Å². The summed E-state index contributed by atoms with van der Waals surface area (Å²) in [6, 6.07) is 4.13. The van der Waals surface area contributed by atoms with Gasteiger partial charge in [-0.2, -0.15) is 13.2 Å². The van der Waals surface area contributed by atoms with Gasteiger partial charge < -0.3 is 19.9 Å². The lowest BCUT2D eigenvalue weighted by Gasteiger charge is -2.40. The van der Waals surface area contributed by atoms with Gasteiger partial charge in [-0.1, -0.05) is 0 Å². The van der Waals surface area contributed by atoms with E-state index in [0.29, 0.717) is 12.8 Å². The highest BCUT2D eigenvalue weighted by Crippen LogP contribution is 2.40. The summed E-state index contributed by atoms with van der Waals surface area (Å²) in [6.45, 7) is -0.218. The lowest BCUT2D eigenvalue weighted by Crippen LogP contribution is -2.56. The number of benzene rings is 2. The van der Waals surface area contributed by atoms with Crippen LogP contribution in [0.15, 0.2) is 28.7 Å². The number of halogens is 5. The van der Waals surface area contributed by atoms with Crippen LogP contribution in [0, 0.1) is 11.6 Å². The molecule has 0 atom stereocenters. The molecule has 31 heavy (non-hydrogen) atoms. The number of aromatic nitrogens is 1. The fourth-order valence-corrected chi connectivity index (χ4v) is 3.41. The summed E-state index contributed by atoms with van der Waals surface area (Å²) in [5.74, 6) is -6.73. The number of hydrogen-bond donors (Lipinski definition) is 3. The Bertz CT molecular complexity index is 1180. The highest BCUT2D eigenvalue weighted by molar-refractivity contribution is 5.97. The van der Waals surface area contributed by atoms with E-state index in [-0.39, 0.29) is 29.3 Å². The Balaban J connectivity index is 1.72. The molecule has 6 nitrogen and oxygen atoms in total. The number of aliphatic hydroxyl groups excluding tert-OH is 1. The van der Waals surface area contributed by atoms with Gasteiger partial charge >= 0.3 is 6.18 Å². The Labute approximate surface area is 171 Å². The van der Waals surface area contributed by atoms with Gasteiger partial charge in [-0.15, -0.1) is 0 Å². The lowest BCUT2D eigenvalue weighted by atomic mass is 9.77. The van der Waals surface area contributed by atoms with Gasteiger partial charge in [0.1, 0.15) is 5.52 Å². The number of phenolic OH excluding ortho intramolecular Hbond substituents is 1. The summed E-state index contributed by atoms with van der Waals surface area (Å²) < 4.78 is 72.3. The summed E-state index contributed by atoms with van der Waals surface area (Å²) in [4.78, 5) is 16.4. The first-order valence-corrected chi connectivity index (χ1v) is 9.17. The summed E-state index contributed by atoms with van der Waals surface area (Å²) in [5.41, 5.74) is -3.25. The molecule has 0 spiro atoms. The minimum Gasteiger partial charge on any atom is -0.503 e. The van der Waals surface area contributed by atoms with Crippen LogP contribution in [0.4, 0.5) is 22.0 Å². The van der Waals surface area contributed by atoms with Crippen molar-refractivity contribution < 1.29 is 41.4 Å². The standard InChI is InChI=1S/C20H15F5N2O4/c21-14-10(7-11(20(23,24)25)15(22)16(14)29)18-26-12-6-9(2-3-13(12)31-18)17(30)27-19(8-28)4-1-5-19/h2-3,6-7,28-29H,1,4-5,8H2,(H,27,30). The van der Waals surface area contributed by atoms with E-state index in [0.717, 1.165) is 6.42 Å². The molecule has 11 heteroatoms. The van der Waals surface area contributed by atoms with Gasteiger partial charge in [0.05, 0.1) is 23.3 Å². The zero-order valence-electron chi connectivity index (χ0n) is 15.7. The van der Waals surface area contributed by atoms with Crippen molar-refractivity contribution in [1.82, 2.24) is 10.3 Å². The number of alkyl halides is 3. The van der Waals surface area contributed by atoms with Crippen molar-refractivity contribution in [2.45, 2.75) is 31.0 Å². The molecule has 3 aromatic rings. The molecule has 1 fully saturated rings. The summed E-state index contributed by atoms with van der Waals surface area (Å²) in [5, 5.41) is 21.7. The average molecular weight is 442 g/mol. The fraction of sp³-hybridized carbons (Fsp3) is 0.300. The van der Waals surface area contributed by atoms with Crippen molar-refractivity contribution in [3.63, 3.8) is 0 Å². The normalized spacial score (nSPS) is 15.7. The third kappa shape index (κ3) is 3.58. The van der Waals surface area contributed by atoms with Crippen LogP contribution in [-0.4, -0.2) is 33.3 Å². The third-order valence-corrected chi connectivity index (χ3v) is 5.36. The molecule has 1 aliphatic rings. The minimum atomic E-state index is -5.19. The molecule has 0 aliphatic heterocycles. The largest absolute Gasteiger partial charge is 0.503 e. The second-order valence-electron chi connectivity index (χ2n) is 7.39. The summed E-state index contributed by atoms with van der Waals surface area (Å²) in [6.07, 6.45) is -3.07. The maximum absolute atomic E-state index is 14.3. The van der Waals surface area contributed by atoms with E-state index in [1.807, 2.05) is 0 Å². The van der Waals surface area contributed by atoms with Gasteiger partial charge in [0.2, 0.25) is 5.89 Å². The number of rotatable bonds is 4. The zero-order valence-corrected chi connectivity index (χ0v) is 15.7. The molecular weight excluding hydrogens is 427 g/mol. The second kappa shape index (κ2) is 7.19. The highest BCUT2D eigenvalue weighted by atomic mass is 19.4. The van der Waals surface area contributed by atoms with Crippen LogP contribution in [-0.2, 0) is 6.18 Å². The quantitative estimate of drug-likeness (QED) is 0.528. The Morgan fingerprint density at radius 3 is 2.48 bits per heavy atom. The molecule has 0 saturated heterocycles. The number of carbonyl (C=O) groups is 1. The van der Waals surface area contributed by atoms with Crippen LogP contribution in [0.25, 0.3) is 22.6 Å². The topological polar surface area (TPSA) is 95.6 Å². The van der Waals surface area contributed by atoms with Gasteiger partial charge in [0, 0.05) is 5.56 Å². The number of hydrogen-bond acceptors (Lipinski definition) is 5. The zero-order chi connectivity index (χ0) is 22.6. The Hall–Kier alpha value is -3.21. The minimum absolute atomic E-state index is 0.0313. The van der Waals surface area contributed by atoms with Gasteiger partial charge in [-0.25, -0.2) is 13.8 Å². The van der Waals surface area contributed by atoms with Crippen molar-refractivity contribution in [2.75, 3.05) is 6.61 Å². The van der Waals surface area contributed by atoms with Gasteiger partial charge in [-0.3, -0.25) is 4.79 Å². The molecule has 0 radical (unpaired) electrons. The van der Waals surface area contributed by atoms with Gasteiger partial charge in [0.25, 0.3) is 5.91 Å². The molecular formula is C20H15F5N2O4. The number of nitrogens with one attached hydrogen (secondary N) is 1. The van der Waals surface area contributed by atoms with Crippen LogP contribution < -0.4 is 5.32 Å². The first-order chi connectivity index (χ1) is 14.5. The van der Waals surface area contributed by atoms with E-state index in [1.165, 1.54) is 18.2 Å². The number of aromatic hydroxyl groups is 1. The predicted molar refractivity (Wildman–Crippen MR) is 97.2 cm³/mol. The molecule has 164 valence electrons. The van der Waals surface area contributed by atoms with Crippen molar-refractivity contribution >= 4 is 17.0 Å². The fourth-order valence-electron chi connectivity index (χ4n) is 3.41. The predicted octanol–water partition coefficient (Wildman–Crippen LogP) is 4.14. The SMILES string of the molecule is O=C(NC1(CO)CCC1)c1ccc2oc(-c3cc(C(F)(F)F)c(F)c(O)c3F)nc2c1. The first kappa shape index (κ1) is 21.0. The first-order valence-electron chi connectivity index (χ1n) is 9.17. The van der Waals surface area contributed by atoms with Crippen LogP contribution in [0.1, 0.15) is 35.2 Å². The van der Waals surface area contributed by atoms with E-state index in [4.69, 9.17) is 4.42 Å². The van der Waals surface area contributed by atoms with Crippen molar-refractivity contribution in [2.24, 2.45) is 0 Å². The van der Waals surface area contributed by atoms with E-state index in [2.05, 4.69) is 10.3 Å². The van der Waals surface area contributed by atoms with Crippen LogP contribution >= 0.6 is 0 Å². The molecule has 1 aromatic heterocycles. The van der Waals surface area contributed by atoms with Crippen LogP contribution in [0.2, 0.25) is 0 Å². The number of carbonyl (C=O) groups excluding carboxylic acids is 1. The summed E-state index contributed by atoms with van der Waals surface area (Å²) in [7, 11) is 0. The molecule has 3 N–H and O–H groups in total. The molecule has 1 amide bonds. The number of nitrogens with zero attached hydrogens (tertiary/aromatic N) is 1. The molecule has 0 bridgehead atoms. The van der Waals surface area contributed by atoms with Gasteiger partial charge in [-0.05, 0) is 43.5 Å². The van der Waals surface area contributed by atoms with Crippen molar-refractivity contribution in [1.29, 1.82) is 0 Å². The number of phenols is 1. The molecule has 1 aliphatic carbocycles. The molecule has 0 unspecified atom stereocenters. The van der Waals surface area contributed by atoms with Gasteiger partial charge in [0.15, 0.2) is 23.0 Å². The number of oxazole rings is 1. The maximum atomic E-state index is 14.3. The lowest BCUT2D eigenvalue weighted by molar-refractivity contribution is -0.140. The molecule has 2 aromatic carbocycles. The average Bonchev–Trinajstić information content (AvgIpc) is 3.10. The smallest absolute Gasteiger partial charge is 0.419 e. The molecule has 4 rings (SSSR count). The highest BCUT2D eigenvalue weighted by Gasteiger charge is 2.39. The van der Waals surface area contributed by atoms with Crippen molar-refractivity contribution in [3.05, 3.63) is 47.0 Å². The Morgan fingerprint density at radius 1 is 1.19 bits per heavy atom. The van der Waals surface area contributed by atoms with Crippen LogP contribution in [0.3, 0.4) is 0 Å². The second-order valence-corrected chi connectivity index (χ2v) is 7.39. The van der Waals surface area contributed by atoms with Crippen molar-refractivity contribution in [3.8, 4) is 17.2 Å². The van der Waals surface area contributed by atoms with E-state index >= 15 is 0 Å². The Morgan fingerprint density at radius 2 is 1.90 bits per heavy atom. The number of fused-ring (bicyclic) bond motifs is 1.